The molecule has 2 heterocycles. The molecule has 0 spiro atoms. The summed E-state index contributed by atoms with van der Waals surface area (Å²) in [5.74, 6) is 0.905. The molecule has 0 aliphatic heterocycles. The van der Waals surface area contributed by atoms with Crippen molar-refractivity contribution in [2.75, 3.05) is 0 Å². The summed E-state index contributed by atoms with van der Waals surface area (Å²) in [4.78, 5) is 15.5. The van der Waals surface area contributed by atoms with Crippen molar-refractivity contribution >= 4 is 5.78 Å². The first-order valence-corrected chi connectivity index (χ1v) is 5.09. The van der Waals surface area contributed by atoms with Crippen LogP contribution in [0.15, 0.2) is 18.7 Å². The molecule has 6 heteroatoms. The fourth-order valence-corrected chi connectivity index (χ4v) is 1.41. The lowest BCUT2D eigenvalue weighted by molar-refractivity contribution is 0.0988. The van der Waals surface area contributed by atoms with Crippen LogP contribution in [0.4, 0.5) is 0 Å². The van der Waals surface area contributed by atoms with Crippen LogP contribution in [0, 0.1) is 0 Å². The topological polar surface area (TPSA) is 65.6 Å². The Labute approximate surface area is 92.9 Å². The number of nitrogens with zero attached hydrogens (tertiary/aromatic N) is 5. The molecule has 6 nitrogen and oxygen atoms in total. The number of carbonyl (C=O) groups is 1. The Balaban J connectivity index is 2.14. The fourth-order valence-electron chi connectivity index (χ4n) is 1.41. The molecule has 2 aromatic rings. The molecule has 0 unspecified atom stereocenters. The first-order chi connectivity index (χ1) is 7.70. The molecule has 16 heavy (non-hydrogen) atoms. The minimum atomic E-state index is 0.101. The second-order valence-corrected chi connectivity index (χ2v) is 3.50. The zero-order valence-electron chi connectivity index (χ0n) is 9.29. The Kier molecular flexibility index (Phi) is 2.80. The van der Waals surface area contributed by atoms with E-state index in [1.165, 1.54) is 6.33 Å². The summed E-state index contributed by atoms with van der Waals surface area (Å²) in [7, 11) is 1.82. The lowest BCUT2D eigenvalue weighted by Gasteiger charge is -1.99. The zero-order chi connectivity index (χ0) is 11.5. The van der Waals surface area contributed by atoms with Gasteiger partial charge in [0.25, 0.3) is 0 Å². The van der Waals surface area contributed by atoms with E-state index in [1.54, 1.807) is 21.8 Å². The van der Waals surface area contributed by atoms with Gasteiger partial charge in [-0.25, -0.2) is 4.98 Å². The molecule has 0 aromatic carbocycles. The predicted molar refractivity (Wildman–Crippen MR) is 57.0 cm³/mol. The third-order valence-electron chi connectivity index (χ3n) is 2.38. The molecule has 0 N–H and O–H groups in total. The summed E-state index contributed by atoms with van der Waals surface area (Å²) < 4.78 is 3.37. The van der Waals surface area contributed by atoms with Crippen LogP contribution in [0.2, 0.25) is 0 Å². The monoisotopic (exact) mass is 219 g/mol. The largest absolute Gasteiger partial charge is 0.294 e. The Morgan fingerprint density at radius 1 is 1.44 bits per heavy atom. The van der Waals surface area contributed by atoms with Gasteiger partial charge in [0, 0.05) is 19.7 Å². The summed E-state index contributed by atoms with van der Waals surface area (Å²) in [6.45, 7) is 2.36. The molecule has 84 valence electrons. The van der Waals surface area contributed by atoms with Crippen molar-refractivity contribution in [1.82, 2.24) is 24.5 Å². The third kappa shape index (κ3) is 2.00. The van der Waals surface area contributed by atoms with Crippen molar-refractivity contribution in [3.63, 3.8) is 0 Å². The van der Waals surface area contributed by atoms with E-state index >= 15 is 0 Å². The van der Waals surface area contributed by atoms with Gasteiger partial charge in [-0.3, -0.25) is 14.2 Å². The lowest BCUT2D eigenvalue weighted by Crippen LogP contribution is -2.07. The summed E-state index contributed by atoms with van der Waals surface area (Å²) in [6, 6.07) is 0. The first kappa shape index (κ1) is 10.5. The maximum atomic E-state index is 11.4. The molecule has 0 saturated carbocycles. The Morgan fingerprint density at radius 3 is 2.88 bits per heavy atom. The van der Waals surface area contributed by atoms with E-state index < -0.39 is 0 Å². The molecule has 2 aromatic heterocycles. The lowest BCUT2D eigenvalue weighted by atomic mass is 10.2. The predicted octanol–water partition coefficient (Wildman–Crippen LogP) is 0.653. The molecule has 0 aliphatic carbocycles. The van der Waals surface area contributed by atoms with Crippen LogP contribution in [0.1, 0.15) is 29.5 Å². The van der Waals surface area contributed by atoms with Gasteiger partial charge in [0.2, 0.25) is 0 Å². The van der Waals surface area contributed by atoms with Crippen LogP contribution < -0.4 is 0 Å². The van der Waals surface area contributed by atoms with E-state index in [9.17, 15) is 4.79 Å². The highest BCUT2D eigenvalue weighted by molar-refractivity contribution is 5.95. The molecule has 0 bridgehead atoms. The smallest absolute Gasteiger partial charge is 0.165 e. The van der Waals surface area contributed by atoms with Gasteiger partial charge in [-0.05, 0) is 0 Å². The van der Waals surface area contributed by atoms with Gasteiger partial charge in [0.1, 0.15) is 18.7 Å². The van der Waals surface area contributed by atoms with E-state index in [1.807, 2.05) is 14.0 Å². The van der Waals surface area contributed by atoms with Gasteiger partial charge in [-0.15, -0.1) is 0 Å². The SMILES string of the molecule is CCC(=O)c1cnn(Cc2ncnn2C)c1. The second kappa shape index (κ2) is 4.26. The van der Waals surface area contributed by atoms with E-state index in [0.29, 0.717) is 18.5 Å². The quantitative estimate of drug-likeness (QED) is 0.708. The molecule has 2 rings (SSSR count). The van der Waals surface area contributed by atoms with Crippen LogP contribution in [0.25, 0.3) is 0 Å². The third-order valence-corrected chi connectivity index (χ3v) is 2.38. The van der Waals surface area contributed by atoms with E-state index in [2.05, 4.69) is 15.2 Å². The number of Topliss-reactive ketones (excluding diaryl/α,β-unsaturated/α-hetero) is 1. The van der Waals surface area contributed by atoms with Crippen LogP contribution in [-0.2, 0) is 13.6 Å². The number of hydrogen-bond acceptors (Lipinski definition) is 4. The summed E-state index contributed by atoms with van der Waals surface area (Å²) in [5, 5.41) is 8.08. The van der Waals surface area contributed by atoms with Crippen molar-refractivity contribution in [2.45, 2.75) is 19.9 Å². The van der Waals surface area contributed by atoms with Crippen LogP contribution in [0.5, 0.6) is 0 Å². The van der Waals surface area contributed by atoms with Gasteiger partial charge in [-0.2, -0.15) is 10.2 Å². The molecule has 0 atom stereocenters. The number of rotatable bonds is 4. The standard InChI is InChI=1S/C10H13N5O/c1-3-9(16)8-4-12-15(5-8)6-10-11-7-13-14(10)2/h4-5,7H,3,6H2,1-2H3. The average Bonchev–Trinajstić information content (AvgIpc) is 2.89. The number of hydrogen-bond donors (Lipinski definition) is 0. The average molecular weight is 219 g/mol. The summed E-state index contributed by atoms with van der Waals surface area (Å²) >= 11 is 0. The molecule has 0 aliphatic rings. The van der Waals surface area contributed by atoms with Gasteiger partial charge in [0.05, 0.1) is 11.8 Å². The molecule has 0 saturated heterocycles. The van der Waals surface area contributed by atoms with E-state index in [0.717, 1.165) is 5.82 Å². The molecular weight excluding hydrogens is 206 g/mol. The Morgan fingerprint density at radius 2 is 2.25 bits per heavy atom. The van der Waals surface area contributed by atoms with Crippen molar-refractivity contribution in [3.8, 4) is 0 Å². The Bertz CT molecular complexity index is 499. The van der Waals surface area contributed by atoms with Crippen molar-refractivity contribution < 1.29 is 4.79 Å². The number of carbonyl (C=O) groups excluding carboxylic acids is 1. The number of aromatic nitrogens is 5. The molecule has 0 radical (unpaired) electrons. The van der Waals surface area contributed by atoms with Crippen molar-refractivity contribution in [1.29, 1.82) is 0 Å². The Hall–Kier alpha value is -1.98. The number of aryl methyl sites for hydroxylation is 1. The van der Waals surface area contributed by atoms with Gasteiger partial charge >= 0.3 is 0 Å². The maximum Gasteiger partial charge on any atom is 0.165 e. The van der Waals surface area contributed by atoms with Crippen molar-refractivity contribution in [2.24, 2.45) is 7.05 Å². The van der Waals surface area contributed by atoms with Gasteiger partial charge in [-0.1, -0.05) is 6.92 Å². The maximum absolute atomic E-state index is 11.4. The normalized spacial score (nSPS) is 10.6. The van der Waals surface area contributed by atoms with Gasteiger partial charge in [0.15, 0.2) is 5.78 Å². The fraction of sp³-hybridized carbons (Fsp3) is 0.400. The number of ketones is 1. The van der Waals surface area contributed by atoms with Crippen molar-refractivity contribution in [3.05, 3.63) is 30.1 Å². The molecule has 0 amide bonds. The second-order valence-electron chi connectivity index (χ2n) is 3.50. The summed E-state index contributed by atoms with van der Waals surface area (Å²) in [6.07, 6.45) is 5.31. The molecular formula is C10H13N5O. The molecule has 0 fully saturated rings. The highest BCUT2D eigenvalue weighted by Crippen LogP contribution is 2.03. The highest BCUT2D eigenvalue weighted by atomic mass is 16.1. The van der Waals surface area contributed by atoms with Crippen LogP contribution >= 0.6 is 0 Å². The summed E-state index contributed by atoms with van der Waals surface area (Å²) in [5.41, 5.74) is 0.643. The highest BCUT2D eigenvalue weighted by Gasteiger charge is 2.07. The zero-order valence-corrected chi connectivity index (χ0v) is 9.29. The first-order valence-electron chi connectivity index (χ1n) is 5.09. The minimum Gasteiger partial charge on any atom is -0.294 e. The minimum absolute atomic E-state index is 0.101. The van der Waals surface area contributed by atoms with E-state index in [4.69, 9.17) is 0 Å². The van der Waals surface area contributed by atoms with Crippen LogP contribution in [-0.4, -0.2) is 30.3 Å². The van der Waals surface area contributed by atoms with Crippen LogP contribution in [0.3, 0.4) is 0 Å². The van der Waals surface area contributed by atoms with E-state index in [-0.39, 0.29) is 5.78 Å². The van der Waals surface area contributed by atoms with Gasteiger partial charge < -0.3 is 0 Å².